The Labute approximate surface area is 168 Å². The van der Waals surface area contributed by atoms with Gasteiger partial charge in [-0.1, -0.05) is 19.1 Å². The zero-order valence-electron chi connectivity index (χ0n) is 17.1. The Kier molecular flexibility index (Phi) is 7.87. The number of benzene rings is 1. The number of piperazine rings is 1. The second-order valence-corrected chi connectivity index (χ2v) is 7.07. The zero-order valence-corrected chi connectivity index (χ0v) is 17.1. The van der Waals surface area contributed by atoms with Gasteiger partial charge in [-0.25, -0.2) is 4.68 Å². The summed E-state index contributed by atoms with van der Waals surface area (Å²) in [4.78, 5) is 9.36. The molecule has 0 radical (unpaired) electrons. The molecule has 7 heteroatoms. The Morgan fingerprint density at radius 1 is 1.04 bits per heavy atom. The molecule has 2 heterocycles. The smallest absolute Gasteiger partial charge is 0.191 e. The van der Waals surface area contributed by atoms with Gasteiger partial charge in [-0.15, -0.1) is 0 Å². The molecule has 2 N–H and O–H groups in total. The van der Waals surface area contributed by atoms with Crippen LogP contribution in [0.4, 0.5) is 0 Å². The van der Waals surface area contributed by atoms with Crippen molar-refractivity contribution in [1.29, 1.82) is 0 Å². The van der Waals surface area contributed by atoms with Crippen molar-refractivity contribution in [2.45, 2.75) is 13.3 Å². The summed E-state index contributed by atoms with van der Waals surface area (Å²) in [5, 5.41) is 11.1. The molecule has 1 saturated heterocycles. The third kappa shape index (κ3) is 6.07. The predicted molar refractivity (Wildman–Crippen MR) is 115 cm³/mol. The van der Waals surface area contributed by atoms with Gasteiger partial charge in [-0.3, -0.25) is 9.89 Å². The predicted octanol–water partition coefficient (Wildman–Crippen LogP) is 1.22. The van der Waals surface area contributed by atoms with Crippen molar-refractivity contribution >= 4 is 5.96 Å². The first-order valence-electron chi connectivity index (χ1n) is 10.3. The van der Waals surface area contributed by atoms with E-state index >= 15 is 0 Å². The maximum Gasteiger partial charge on any atom is 0.191 e. The van der Waals surface area contributed by atoms with Crippen molar-refractivity contribution in [1.82, 2.24) is 30.2 Å². The number of rotatable bonds is 8. The second-order valence-electron chi connectivity index (χ2n) is 7.07. The molecule has 0 atom stereocenters. The third-order valence-electron chi connectivity index (χ3n) is 5.27. The molecule has 3 rings (SSSR count). The van der Waals surface area contributed by atoms with Crippen molar-refractivity contribution in [3.8, 4) is 5.69 Å². The Morgan fingerprint density at radius 3 is 2.39 bits per heavy atom. The highest BCUT2D eigenvalue weighted by atomic mass is 15.3. The van der Waals surface area contributed by atoms with Crippen molar-refractivity contribution in [2.75, 3.05) is 59.4 Å². The number of likely N-dealkylation sites (N-methyl/N-ethyl adjacent to an activating group) is 1. The summed E-state index contributed by atoms with van der Waals surface area (Å²) in [5.41, 5.74) is 2.38. The summed E-state index contributed by atoms with van der Waals surface area (Å²) in [7, 11) is 1.83. The van der Waals surface area contributed by atoms with E-state index in [-0.39, 0.29) is 0 Å². The van der Waals surface area contributed by atoms with E-state index in [1.807, 2.05) is 24.0 Å². The van der Waals surface area contributed by atoms with Crippen LogP contribution < -0.4 is 10.6 Å². The SMILES string of the molecule is CCN1CCN(CCNC(=NC)NCCc2ccc(-n3cccn3)cc2)CC1. The molecule has 28 heavy (non-hydrogen) atoms. The summed E-state index contributed by atoms with van der Waals surface area (Å²) in [6.07, 6.45) is 4.70. The van der Waals surface area contributed by atoms with Crippen LogP contribution in [0.25, 0.3) is 5.69 Å². The summed E-state index contributed by atoms with van der Waals surface area (Å²) < 4.78 is 1.87. The van der Waals surface area contributed by atoms with Gasteiger partial charge in [-0.05, 0) is 36.7 Å². The monoisotopic (exact) mass is 383 g/mol. The largest absolute Gasteiger partial charge is 0.356 e. The summed E-state index contributed by atoms with van der Waals surface area (Å²) in [6.45, 7) is 10.9. The van der Waals surface area contributed by atoms with Gasteiger partial charge in [0.1, 0.15) is 0 Å². The maximum atomic E-state index is 4.33. The average Bonchev–Trinajstić information content (AvgIpc) is 3.28. The number of guanidine groups is 1. The minimum Gasteiger partial charge on any atom is -0.356 e. The lowest BCUT2D eigenvalue weighted by Gasteiger charge is -2.34. The highest BCUT2D eigenvalue weighted by molar-refractivity contribution is 5.79. The van der Waals surface area contributed by atoms with Gasteiger partial charge in [0, 0.05) is 65.3 Å². The molecule has 1 fully saturated rings. The van der Waals surface area contributed by atoms with Crippen LogP contribution in [0.5, 0.6) is 0 Å². The molecule has 0 saturated carbocycles. The van der Waals surface area contributed by atoms with Gasteiger partial charge < -0.3 is 15.5 Å². The second kappa shape index (κ2) is 10.8. The van der Waals surface area contributed by atoms with Crippen LogP contribution in [-0.4, -0.2) is 84.9 Å². The molecule has 0 spiro atoms. The van der Waals surface area contributed by atoms with Crippen molar-refractivity contribution in [3.05, 3.63) is 48.3 Å². The molecule has 0 bridgehead atoms. The van der Waals surface area contributed by atoms with Crippen LogP contribution >= 0.6 is 0 Å². The Hall–Kier alpha value is -2.38. The van der Waals surface area contributed by atoms with Gasteiger partial charge in [0.2, 0.25) is 0 Å². The highest BCUT2D eigenvalue weighted by Crippen LogP contribution is 2.08. The van der Waals surface area contributed by atoms with E-state index in [9.17, 15) is 0 Å². The number of hydrogen-bond acceptors (Lipinski definition) is 4. The molecular weight excluding hydrogens is 350 g/mol. The van der Waals surface area contributed by atoms with Crippen molar-refractivity contribution < 1.29 is 0 Å². The fourth-order valence-corrected chi connectivity index (χ4v) is 3.44. The zero-order chi connectivity index (χ0) is 19.6. The molecule has 2 aromatic rings. The van der Waals surface area contributed by atoms with E-state index in [1.54, 1.807) is 6.20 Å². The van der Waals surface area contributed by atoms with Crippen molar-refractivity contribution in [2.24, 2.45) is 4.99 Å². The van der Waals surface area contributed by atoms with Crippen LogP contribution in [0, 0.1) is 0 Å². The van der Waals surface area contributed by atoms with Crippen LogP contribution in [-0.2, 0) is 6.42 Å². The molecular formula is C21H33N7. The van der Waals surface area contributed by atoms with E-state index < -0.39 is 0 Å². The molecule has 0 unspecified atom stereocenters. The van der Waals surface area contributed by atoms with E-state index in [4.69, 9.17) is 0 Å². The first-order valence-corrected chi connectivity index (χ1v) is 10.3. The lowest BCUT2D eigenvalue weighted by Crippen LogP contribution is -2.49. The van der Waals surface area contributed by atoms with Crippen LogP contribution in [0.2, 0.25) is 0 Å². The third-order valence-corrected chi connectivity index (χ3v) is 5.27. The lowest BCUT2D eigenvalue weighted by atomic mass is 10.1. The number of hydrogen-bond donors (Lipinski definition) is 2. The Bertz CT molecular complexity index is 701. The summed E-state index contributed by atoms with van der Waals surface area (Å²) >= 11 is 0. The van der Waals surface area contributed by atoms with Crippen molar-refractivity contribution in [3.63, 3.8) is 0 Å². The van der Waals surface area contributed by atoms with E-state index in [0.717, 1.165) is 57.3 Å². The molecule has 1 aliphatic heterocycles. The van der Waals surface area contributed by atoms with Crippen LogP contribution in [0.1, 0.15) is 12.5 Å². The standard InChI is InChI=1S/C21H33N7/c1-3-26-15-17-27(18-16-26)14-12-24-21(22-2)23-11-9-19-5-7-20(8-6-19)28-13-4-10-25-28/h4-8,10,13H,3,9,11-12,14-18H2,1-2H3,(H2,22,23,24). The number of nitrogens with one attached hydrogen (secondary N) is 2. The van der Waals surface area contributed by atoms with Gasteiger partial charge in [0.25, 0.3) is 0 Å². The molecule has 152 valence electrons. The summed E-state index contributed by atoms with van der Waals surface area (Å²) in [5.74, 6) is 0.875. The van der Waals surface area contributed by atoms with Gasteiger partial charge in [-0.2, -0.15) is 5.10 Å². The number of nitrogens with zero attached hydrogens (tertiary/aromatic N) is 5. The fourth-order valence-electron chi connectivity index (χ4n) is 3.44. The molecule has 0 aliphatic carbocycles. The van der Waals surface area contributed by atoms with E-state index in [0.29, 0.717) is 0 Å². The van der Waals surface area contributed by atoms with Crippen LogP contribution in [0.3, 0.4) is 0 Å². The van der Waals surface area contributed by atoms with Gasteiger partial charge in [0.15, 0.2) is 5.96 Å². The molecule has 0 amide bonds. The first kappa shape index (κ1) is 20.4. The topological polar surface area (TPSA) is 60.7 Å². The molecule has 7 nitrogen and oxygen atoms in total. The fraction of sp³-hybridized carbons (Fsp3) is 0.524. The quantitative estimate of drug-likeness (QED) is 0.530. The number of aromatic nitrogens is 2. The first-order chi connectivity index (χ1) is 13.8. The Morgan fingerprint density at radius 2 is 1.75 bits per heavy atom. The number of aliphatic imine (C=N–C) groups is 1. The van der Waals surface area contributed by atoms with Gasteiger partial charge >= 0.3 is 0 Å². The molecule has 1 aromatic carbocycles. The molecule has 1 aromatic heterocycles. The minimum absolute atomic E-state index is 0.857. The molecule has 1 aliphatic rings. The van der Waals surface area contributed by atoms with Gasteiger partial charge in [0.05, 0.1) is 5.69 Å². The minimum atomic E-state index is 0.857. The van der Waals surface area contributed by atoms with Crippen LogP contribution in [0.15, 0.2) is 47.7 Å². The maximum absolute atomic E-state index is 4.33. The lowest BCUT2D eigenvalue weighted by molar-refractivity contribution is 0.139. The highest BCUT2D eigenvalue weighted by Gasteiger charge is 2.14. The van der Waals surface area contributed by atoms with E-state index in [1.165, 1.54) is 18.7 Å². The summed E-state index contributed by atoms with van der Waals surface area (Å²) in [6, 6.07) is 10.5. The average molecular weight is 384 g/mol. The Balaban J connectivity index is 1.33. The normalized spacial score (nSPS) is 16.3. The van der Waals surface area contributed by atoms with E-state index in [2.05, 4.69) is 61.7 Å².